The summed E-state index contributed by atoms with van der Waals surface area (Å²) in [4.78, 5) is 54.8. The van der Waals surface area contributed by atoms with E-state index >= 15 is 0 Å². The highest BCUT2D eigenvalue weighted by Crippen LogP contribution is 2.29. The number of fused-ring (bicyclic) bond motifs is 2. The van der Waals surface area contributed by atoms with Crippen molar-refractivity contribution in [3.63, 3.8) is 0 Å². The predicted octanol–water partition coefficient (Wildman–Crippen LogP) is 4.80. The number of imidazole rings is 1. The van der Waals surface area contributed by atoms with Crippen LogP contribution in [-0.2, 0) is 31.9 Å². The predicted molar refractivity (Wildman–Crippen MR) is 172 cm³/mol. The maximum atomic E-state index is 13.4. The monoisotopic (exact) mass is 672 g/mol. The lowest BCUT2D eigenvalue weighted by Crippen LogP contribution is -2.43. The first kappa shape index (κ1) is 32.2. The molecule has 1 amide bonds. The Balaban J connectivity index is 1.14. The van der Waals surface area contributed by atoms with Gasteiger partial charge in [0.15, 0.2) is 11.5 Å². The van der Waals surface area contributed by atoms with Crippen molar-refractivity contribution in [1.29, 1.82) is 0 Å². The first-order chi connectivity index (χ1) is 23.7. The first-order valence-corrected chi connectivity index (χ1v) is 15.9. The topological polar surface area (TPSA) is 119 Å². The quantitative estimate of drug-likeness (QED) is 0.177. The van der Waals surface area contributed by atoms with E-state index in [1.54, 1.807) is 30.5 Å². The summed E-state index contributed by atoms with van der Waals surface area (Å²) in [6.07, 6.45) is 0.237. The Morgan fingerprint density at radius 2 is 1.65 bits per heavy atom. The van der Waals surface area contributed by atoms with Crippen LogP contribution in [0.2, 0.25) is 0 Å². The third kappa shape index (κ3) is 6.68. The maximum absolute atomic E-state index is 13.4. The normalized spacial score (nSPS) is 16.8. The number of halogens is 3. The van der Waals surface area contributed by atoms with Crippen LogP contribution in [-0.4, -0.2) is 87.2 Å². The smallest absolute Gasteiger partial charge is 0.385 e. The third-order valence-corrected chi connectivity index (χ3v) is 8.77. The minimum absolute atomic E-state index is 0.0901. The number of alkyl halides is 3. The largest absolute Gasteiger partial charge is 0.491 e. The van der Waals surface area contributed by atoms with E-state index < -0.39 is 30.1 Å². The number of ether oxygens (including phenoxy) is 2. The number of hydrogen-bond acceptors (Lipinski definition) is 9. The molecule has 2 aliphatic rings. The molecule has 1 atom stereocenters. The Labute approximate surface area is 278 Å². The van der Waals surface area contributed by atoms with E-state index in [1.165, 1.54) is 0 Å². The first-order valence-electron chi connectivity index (χ1n) is 15.9. The van der Waals surface area contributed by atoms with Gasteiger partial charge in [0.05, 0.1) is 36.3 Å². The molecular weight excluding hydrogens is 641 g/mol. The molecule has 0 unspecified atom stereocenters. The molecule has 3 aromatic heterocycles. The fraction of sp³-hybridized carbons (Fsp3) is 0.314. The van der Waals surface area contributed by atoms with Crippen molar-refractivity contribution in [3.8, 4) is 11.3 Å². The number of benzene rings is 2. The van der Waals surface area contributed by atoms with Crippen molar-refractivity contribution in [2.75, 3.05) is 37.7 Å². The average Bonchev–Trinajstić information content (AvgIpc) is 3.78. The molecule has 0 bridgehead atoms. The Hall–Kier alpha value is -5.37. The van der Waals surface area contributed by atoms with Crippen molar-refractivity contribution in [2.45, 2.75) is 37.9 Å². The molecule has 252 valence electrons. The number of rotatable bonds is 7. The number of amides is 1. The zero-order valence-electron chi connectivity index (χ0n) is 26.2. The van der Waals surface area contributed by atoms with Gasteiger partial charge in [0.1, 0.15) is 6.04 Å². The molecule has 14 heteroatoms. The second kappa shape index (κ2) is 13.3. The van der Waals surface area contributed by atoms with Crippen LogP contribution in [0.1, 0.15) is 34.6 Å². The Bertz CT molecular complexity index is 2040. The van der Waals surface area contributed by atoms with Gasteiger partial charge in [-0.3, -0.25) is 14.2 Å². The summed E-state index contributed by atoms with van der Waals surface area (Å²) in [5, 5.41) is 1.08. The number of likely N-dealkylation sites (tertiary alicyclic amines) is 1. The number of morpholine rings is 1. The number of aromatic nitrogens is 4. The Kier molecular flexibility index (Phi) is 8.71. The number of para-hydroxylation sites is 1. The zero-order chi connectivity index (χ0) is 34.1. The maximum Gasteiger partial charge on any atom is 0.491 e. The molecule has 5 aromatic rings. The Morgan fingerprint density at radius 1 is 0.898 bits per heavy atom. The van der Waals surface area contributed by atoms with Crippen LogP contribution in [0.4, 0.5) is 19.0 Å². The number of anilines is 1. The fourth-order valence-electron chi connectivity index (χ4n) is 6.27. The summed E-state index contributed by atoms with van der Waals surface area (Å²) in [6.45, 7) is 2.66. The number of carbonyl (C=O) groups is 3. The van der Waals surface area contributed by atoms with Crippen LogP contribution in [0.25, 0.3) is 27.8 Å². The molecule has 0 N–H and O–H groups in total. The molecule has 0 spiro atoms. The van der Waals surface area contributed by atoms with Crippen molar-refractivity contribution in [3.05, 3.63) is 90.0 Å². The number of hydrogen-bond donors (Lipinski definition) is 0. The van der Waals surface area contributed by atoms with Crippen molar-refractivity contribution in [1.82, 2.24) is 24.3 Å². The van der Waals surface area contributed by atoms with Gasteiger partial charge in [-0.25, -0.2) is 19.6 Å². The summed E-state index contributed by atoms with van der Waals surface area (Å²) in [7, 11) is 0. The molecule has 7 rings (SSSR count). The number of aryl methyl sites for hydroxylation is 2. The highest BCUT2D eigenvalue weighted by Gasteiger charge is 2.45. The van der Waals surface area contributed by atoms with E-state index in [1.807, 2.05) is 40.9 Å². The number of esters is 2. The summed E-state index contributed by atoms with van der Waals surface area (Å²) in [5.74, 6) is -3.81. The summed E-state index contributed by atoms with van der Waals surface area (Å²) >= 11 is 0. The molecule has 0 radical (unpaired) electrons. The van der Waals surface area contributed by atoms with Crippen LogP contribution < -0.4 is 4.90 Å². The third-order valence-electron chi connectivity index (χ3n) is 8.77. The molecule has 11 nitrogen and oxygen atoms in total. The van der Waals surface area contributed by atoms with Gasteiger partial charge >= 0.3 is 18.1 Å². The highest BCUT2D eigenvalue weighted by molar-refractivity contribution is 5.99. The highest BCUT2D eigenvalue weighted by atomic mass is 19.4. The van der Waals surface area contributed by atoms with Gasteiger partial charge in [0.2, 0.25) is 0 Å². The lowest BCUT2D eigenvalue weighted by molar-refractivity contribution is -0.203. The number of nitrogens with zero attached hydrogens (tertiary/aromatic N) is 6. The van der Waals surface area contributed by atoms with E-state index in [0.717, 1.165) is 44.3 Å². The van der Waals surface area contributed by atoms with E-state index in [-0.39, 0.29) is 18.5 Å². The van der Waals surface area contributed by atoms with E-state index in [0.29, 0.717) is 51.2 Å². The molecule has 49 heavy (non-hydrogen) atoms. The molecule has 0 saturated carbocycles. The molecule has 2 aromatic carbocycles. The minimum atomic E-state index is -5.32. The van der Waals surface area contributed by atoms with Crippen molar-refractivity contribution >= 4 is 40.2 Å². The van der Waals surface area contributed by atoms with Crippen LogP contribution in [0, 0.1) is 0 Å². The SMILES string of the molecule is O=C(OC(=O)C(F)(F)F)[C@@H]1CCCN1C(=O)c1ccc(-c2cnc(N3CCOCC3)c3nc(CCc4ccc5ccccc5n4)cn23)cc1. The minimum Gasteiger partial charge on any atom is -0.385 e. The van der Waals surface area contributed by atoms with Gasteiger partial charge in [-0.1, -0.05) is 36.4 Å². The molecular formula is C35H31F3N6O5. The molecule has 2 aliphatic heterocycles. The van der Waals surface area contributed by atoms with Crippen molar-refractivity contribution < 1.29 is 37.0 Å². The van der Waals surface area contributed by atoms with Gasteiger partial charge in [-0.2, -0.15) is 13.2 Å². The number of carbonyl (C=O) groups excluding carboxylic acids is 3. The van der Waals surface area contributed by atoms with Gasteiger partial charge < -0.3 is 19.3 Å². The van der Waals surface area contributed by atoms with Gasteiger partial charge in [0.25, 0.3) is 5.91 Å². The standard InChI is InChI=1S/C35H31F3N6O5/c36-35(37,38)34(47)49-33(46)28-6-3-15-43(28)32(45)24-9-7-23(8-10-24)29-20-39-30(42-16-18-48-19-17-42)31-41-26(21-44(29)31)14-13-25-12-11-22-4-1-2-5-27(22)40-25/h1-2,4-5,7-12,20-21,28H,3,6,13-19H2/t28-/m0/s1. The fourth-order valence-corrected chi connectivity index (χ4v) is 6.27. The summed E-state index contributed by atoms with van der Waals surface area (Å²) in [6, 6.07) is 17.5. The van der Waals surface area contributed by atoms with Crippen LogP contribution >= 0.6 is 0 Å². The van der Waals surface area contributed by atoms with Crippen molar-refractivity contribution in [2.24, 2.45) is 0 Å². The summed E-state index contributed by atoms with van der Waals surface area (Å²) < 4.78 is 49.5. The molecule has 2 fully saturated rings. The number of pyridine rings is 1. The van der Waals surface area contributed by atoms with Crippen LogP contribution in [0.5, 0.6) is 0 Å². The van der Waals surface area contributed by atoms with E-state index in [9.17, 15) is 27.6 Å². The average molecular weight is 673 g/mol. The van der Waals surface area contributed by atoms with E-state index in [2.05, 4.69) is 15.7 Å². The molecule has 2 saturated heterocycles. The zero-order valence-corrected chi connectivity index (χ0v) is 26.2. The van der Waals surface area contributed by atoms with Gasteiger partial charge in [-0.05, 0) is 49.9 Å². The lowest BCUT2D eigenvalue weighted by atomic mass is 10.1. The summed E-state index contributed by atoms with van der Waals surface area (Å²) in [5.41, 5.74) is 5.17. The van der Waals surface area contributed by atoms with E-state index in [4.69, 9.17) is 19.7 Å². The molecule has 0 aliphatic carbocycles. The lowest BCUT2D eigenvalue weighted by Gasteiger charge is -2.28. The second-order valence-electron chi connectivity index (χ2n) is 11.9. The van der Waals surface area contributed by atoms with Crippen LogP contribution in [0.15, 0.2) is 73.1 Å². The molecule has 5 heterocycles. The van der Waals surface area contributed by atoms with Crippen LogP contribution in [0.3, 0.4) is 0 Å². The second-order valence-corrected chi connectivity index (χ2v) is 11.9. The Morgan fingerprint density at radius 3 is 2.43 bits per heavy atom. The van der Waals surface area contributed by atoms with Gasteiger partial charge in [0, 0.05) is 48.0 Å². The van der Waals surface area contributed by atoms with Gasteiger partial charge in [-0.15, -0.1) is 0 Å².